The van der Waals surface area contributed by atoms with Crippen molar-refractivity contribution in [2.75, 3.05) is 0 Å². The normalized spacial score (nSPS) is 17.0. The van der Waals surface area contributed by atoms with Gasteiger partial charge in [-0.1, -0.05) is 48.5 Å². The van der Waals surface area contributed by atoms with Crippen LogP contribution in [0.25, 0.3) is 10.9 Å². The molecule has 2 amide bonds. The zero-order chi connectivity index (χ0) is 17.9. The second-order valence-electron chi connectivity index (χ2n) is 6.64. The molecule has 0 spiro atoms. The van der Waals surface area contributed by atoms with E-state index in [1.165, 1.54) is 0 Å². The first-order valence-electron chi connectivity index (χ1n) is 8.88. The average molecular weight is 347 g/mol. The first-order chi connectivity index (χ1) is 12.7. The van der Waals surface area contributed by atoms with Crippen LogP contribution in [-0.2, 0) is 22.7 Å². The molecule has 1 unspecified atom stereocenters. The lowest BCUT2D eigenvalue weighted by atomic mass is 10.1. The molecule has 4 rings (SSSR count). The Bertz CT molecular complexity index is 933. The highest BCUT2D eigenvalue weighted by molar-refractivity contribution is 5.91. The predicted molar refractivity (Wildman–Crippen MR) is 100 cm³/mol. The average Bonchev–Trinajstić information content (AvgIpc) is 3.25. The van der Waals surface area contributed by atoms with Crippen molar-refractivity contribution >= 4 is 22.7 Å². The highest BCUT2D eigenvalue weighted by Gasteiger charge is 2.35. The second-order valence-corrected chi connectivity index (χ2v) is 6.64. The summed E-state index contributed by atoms with van der Waals surface area (Å²) in [5.41, 5.74) is 3.14. The van der Waals surface area contributed by atoms with Gasteiger partial charge in [-0.05, 0) is 23.6 Å². The molecule has 1 aromatic heterocycles. The Morgan fingerprint density at radius 3 is 2.73 bits per heavy atom. The van der Waals surface area contributed by atoms with Crippen molar-refractivity contribution in [2.45, 2.75) is 32.0 Å². The van der Waals surface area contributed by atoms with E-state index in [1.54, 1.807) is 4.90 Å². The number of fused-ring (bicyclic) bond motifs is 1. The summed E-state index contributed by atoms with van der Waals surface area (Å²) in [5, 5.41) is 4.11. The summed E-state index contributed by atoms with van der Waals surface area (Å²) in [5.74, 6) is -0.0434. The van der Waals surface area contributed by atoms with Crippen LogP contribution >= 0.6 is 0 Å². The summed E-state index contributed by atoms with van der Waals surface area (Å²) in [6, 6.07) is 17.4. The van der Waals surface area contributed by atoms with E-state index >= 15 is 0 Å². The van der Waals surface area contributed by atoms with Crippen LogP contribution in [0.3, 0.4) is 0 Å². The van der Waals surface area contributed by atoms with E-state index < -0.39 is 6.04 Å². The van der Waals surface area contributed by atoms with E-state index in [9.17, 15) is 9.59 Å². The Kier molecular flexibility index (Phi) is 4.44. The summed E-state index contributed by atoms with van der Waals surface area (Å²) in [4.78, 5) is 29.9. The van der Waals surface area contributed by atoms with Crippen LogP contribution in [0, 0.1) is 0 Å². The standard InChI is InChI=1S/C21H21N3O2/c25-20-11-10-19(24(20)14-15-6-2-1-3-7-15)21(26)23-13-16-12-22-18-9-5-4-8-17(16)18/h1-9,12,19,22H,10-11,13-14H2,(H,23,26). The summed E-state index contributed by atoms with van der Waals surface area (Å²) in [6.45, 7) is 0.928. The second kappa shape index (κ2) is 7.04. The Labute approximate surface area is 152 Å². The van der Waals surface area contributed by atoms with Gasteiger partial charge >= 0.3 is 0 Å². The van der Waals surface area contributed by atoms with Crippen LogP contribution in [0.4, 0.5) is 0 Å². The molecule has 0 bridgehead atoms. The topological polar surface area (TPSA) is 65.2 Å². The van der Waals surface area contributed by atoms with Crippen molar-refractivity contribution in [3.05, 3.63) is 71.9 Å². The molecule has 0 aliphatic carbocycles. The van der Waals surface area contributed by atoms with Gasteiger partial charge < -0.3 is 15.2 Å². The molecule has 1 saturated heterocycles. The fourth-order valence-electron chi connectivity index (χ4n) is 3.56. The van der Waals surface area contributed by atoms with E-state index in [4.69, 9.17) is 0 Å². The number of benzene rings is 2. The number of aromatic amines is 1. The molecule has 5 nitrogen and oxygen atoms in total. The van der Waals surface area contributed by atoms with Gasteiger partial charge in [0, 0.05) is 36.6 Å². The molecule has 5 heteroatoms. The number of carbonyl (C=O) groups excluding carboxylic acids is 2. The van der Waals surface area contributed by atoms with Gasteiger partial charge in [0.05, 0.1) is 0 Å². The number of aromatic nitrogens is 1. The number of hydrogen-bond acceptors (Lipinski definition) is 2. The molecule has 26 heavy (non-hydrogen) atoms. The lowest BCUT2D eigenvalue weighted by molar-refractivity contribution is -0.135. The number of hydrogen-bond donors (Lipinski definition) is 2. The first kappa shape index (κ1) is 16.4. The van der Waals surface area contributed by atoms with Crippen LogP contribution in [-0.4, -0.2) is 27.7 Å². The van der Waals surface area contributed by atoms with E-state index in [0.717, 1.165) is 22.0 Å². The molecular weight excluding hydrogens is 326 g/mol. The summed E-state index contributed by atoms with van der Waals surface area (Å²) < 4.78 is 0. The molecule has 3 aromatic rings. The molecule has 1 aliphatic rings. The van der Waals surface area contributed by atoms with Crippen LogP contribution in [0.2, 0.25) is 0 Å². The molecule has 0 radical (unpaired) electrons. The third-order valence-electron chi connectivity index (χ3n) is 4.95. The van der Waals surface area contributed by atoms with Crippen molar-refractivity contribution in [1.29, 1.82) is 0 Å². The lowest BCUT2D eigenvalue weighted by Gasteiger charge is -2.24. The zero-order valence-corrected chi connectivity index (χ0v) is 14.4. The molecular formula is C21H21N3O2. The van der Waals surface area contributed by atoms with E-state index in [1.807, 2.05) is 60.8 Å². The largest absolute Gasteiger partial charge is 0.361 e. The number of rotatable bonds is 5. The SMILES string of the molecule is O=C(NCc1c[nH]c2ccccc12)C1CCC(=O)N1Cc1ccccc1. The Hall–Kier alpha value is -3.08. The molecule has 2 heterocycles. The first-order valence-corrected chi connectivity index (χ1v) is 8.88. The maximum absolute atomic E-state index is 12.7. The number of para-hydroxylation sites is 1. The minimum absolute atomic E-state index is 0.0427. The van der Waals surface area contributed by atoms with Gasteiger partial charge in [0.2, 0.25) is 11.8 Å². The monoisotopic (exact) mass is 347 g/mol. The fourth-order valence-corrected chi connectivity index (χ4v) is 3.56. The van der Waals surface area contributed by atoms with Gasteiger partial charge in [0.1, 0.15) is 6.04 Å². The van der Waals surface area contributed by atoms with Crippen molar-refractivity contribution in [2.24, 2.45) is 0 Å². The Balaban J connectivity index is 1.44. The molecule has 2 N–H and O–H groups in total. The highest BCUT2D eigenvalue weighted by atomic mass is 16.2. The molecule has 2 aromatic carbocycles. The number of nitrogens with one attached hydrogen (secondary N) is 2. The van der Waals surface area contributed by atoms with Gasteiger partial charge in [-0.2, -0.15) is 0 Å². The third-order valence-corrected chi connectivity index (χ3v) is 4.95. The van der Waals surface area contributed by atoms with Crippen molar-refractivity contribution in [3.63, 3.8) is 0 Å². The summed E-state index contributed by atoms with van der Waals surface area (Å²) >= 11 is 0. The predicted octanol–water partition coefficient (Wildman–Crippen LogP) is 2.98. The summed E-state index contributed by atoms with van der Waals surface area (Å²) in [7, 11) is 0. The van der Waals surface area contributed by atoms with Gasteiger partial charge in [0.25, 0.3) is 0 Å². The zero-order valence-electron chi connectivity index (χ0n) is 14.4. The maximum Gasteiger partial charge on any atom is 0.243 e. The summed E-state index contributed by atoms with van der Waals surface area (Å²) in [6.07, 6.45) is 2.93. The third kappa shape index (κ3) is 3.20. The molecule has 1 aliphatic heterocycles. The fraction of sp³-hybridized carbons (Fsp3) is 0.238. The van der Waals surface area contributed by atoms with E-state index in [0.29, 0.717) is 25.9 Å². The molecule has 1 atom stereocenters. The van der Waals surface area contributed by atoms with Crippen LogP contribution in [0.15, 0.2) is 60.8 Å². The Morgan fingerprint density at radius 1 is 1.12 bits per heavy atom. The smallest absolute Gasteiger partial charge is 0.243 e. The highest BCUT2D eigenvalue weighted by Crippen LogP contribution is 2.22. The van der Waals surface area contributed by atoms with Crippen molar-refractivity contribution < 1.29 is 9.59 Å². The number of likely N-dealkylation sites (tertiary alicyclic amines) is 1. The van der Waals surface area contributed by atoms with Crippen molar-refractivity contribution in [1.82, 2.24) is 15.2 Å². The van der Waals surface area contributed by atoms with Crippen LogP contribution < -0.4 is 5.32 Å². The lowest BCUT2D eigenvalue weighted by Crippen LogP contribution is -2.44. The van der Waals surface area contributed by atoms with Gasteiger partial charge in [-0.25, -0.2) is 0 Å². The molecule has 132 valence electrons. The number of nitrogens with zero attached hydrogens (tertiary/aromatic N) is 1. The minimum atomic E-state index is -0.395. The number of carbonyl (C=O) groups is 2. The van der Waals surface area contributed by atoms with Crippen LogP contribution in [0.5, 0.6) is 0 Å². The number of amides is 2. The number of H-pyrrole nitrogens is 1. The van der Waals surface area contributed by atoms with Crippen molar-refractivity contribution in [3.8, 4) is 0 Å². The van der Waals surface area contributed by atoms with E-state index in [-0.39, 0.29) is 11.8 Å². The Morgan fingerprint density at radius 2 is 1.88 bits per heavy atom. The molecule has 0 saturated carbocycles. The van der Waals surface area contributed by atoms with Gasteiger partial charge in [-0.15, -0.1) is 0 Å². The maximum atomic E-state index is 12.7. The molecule has 1 fully saturated rings. The van der Waals surface area contributed by atoms with E-state index in [2.05, 4.69) is 10.3 Å². The minimum Gasteiger partial charge on any atom is -0.361 e. The quantitative estimate of drug-likeness (QED) is 0.745. The van der Waals surface area contributed by atoms with Gasteiger partial charge in [-0.3, -0.25) is 9.59 Å². The van der Waals surface area contributed by atoms with Gasteiger partial charge in [0.15, 0.2) is 0 Å². The van der Waals surface area contributed by atoms with Crippen LogP contribution in [0.1, 0.15) is 24.0 Å².